The molecule has 5 heteroatoms. The Morgan fingerprint density at radius 1 is 1.09 bits per heavy atom. The van der Waals surface area contributed by atoms with Gasteiger partial charge in [-0.2, -0.15) is 0 Å². The zero-order valence-corrected chi connectivity index (χ0v) is 14.0. The highest BCUT2D eigenvalue weighted by Crippen LogP contribution is 2.38. The van der Waals surface area contributed by atoms with Gasteiger partial charge in [0.15, 0.2) is 5.11 Å². The lowest BCUT2D eigenvalue weighted by molar-refractivity contribution is 0.408. The topological polar surface area (TPSA) is 46.2 Å². The average molecular weight is 327 g/mol. The Labute approximate surface area is 142 Å². The van der Waals surface area contributed by atoms with Gasteiger partial charge in [-0.3, -0.25) is 4.98 Å². The van der Waals surface area contributed by atoms with Gasteiger partial charge in [-0.05, 0) is 67.0 Å². The van der Waals surface area contributed by atoms with Crippen molar-refractivity contribution in [3.8, 4) is 5.75 Å². The molecule has 0 unspecified atom stereocenters. The van der Waals surface area contributed by atoms with Crippen LogP contribution >= 0.6 is 12.2 Å². The molecule has 0 aliphatic heterocycles. The molecule has 2 N–H and O–H groups in total. The Morgan fingerprint density at radius 3 is 2.35 bits per heavy atom. The molecule has 1 aliphatic rings. The number of methoxy groups -OCH3 is 1. The molecule has 0 radical (unpaired) electrons. The first-order chi connectivity index (χ1) is 11.2. The molecule has 0 saturated heterocycles. The number of hydrogen-bond donors (Lipinski definition) is 2. The van der Waals surface area contributed by atoms with Crippen molar-refractivity contribution in [2.45, 2.75) is 31.2 Å². The van der Waals surface area contributed by atoms with E-state index in [1.165, 1.54) is 18.4 Å². The van der Waals surface area contributed by atoms with Crippen LogP contribution in [0.5, 0.6) is 5.75 Å². The van der Waals surface area contributed by atoms with Crippen molar-refractivity contribution >= 4 is 23.0 Å². The third-order valence-electron chi connectivity index (χ3n) is 4.39. The van der Waals surface area contributed by atoms with Crippen LogP contribution in [-0.4, -0.2) is 17.2 Å². The number of nitrogens with one attached hydrogen (secondary N) is 2. The quantitative estimate of drug-likeness (QED) is 0.835. The van der Waals surface area contributed by atoms with Crippen LogP contribution in [0.25, 0.3) is 0 Å². The third kappa shape index (κ3) is 3.62. The summed E-state index contributed by atoms with van der Waals surface area (Å²) in [5.41, 5.74) is 2.12. The van der Waals surface area contributed by atoms with Crippen LogP contribution in [0.15, 0.2) is 48.8 Å². The van der Waals surface area contributed by atoms with E-state index in [2.05, 4.69) is 27.8 Å². The summed E-state index contributed by atoms with van der Waals surface area (Å²) in [5.74, 6) is 0.832. The molecule has 0 atom stereocenters. The third-order valence-corrected chi connectivity index (χ3v) is 4.59. The average Bonchev–Trinajstić information content (AvgIpc) is 3.06. The molecule has 0 bridgehead atoms. The van der Waals surface area contributed by atoms with Crippen LogP contribution in [0.3, 0.4) is 0 Å². The van der Waals surface area contributed by atoms with Crippen LogP contribution in [0.4, 0.5) is 5.69 Å². The summed E-state index contributed by atoms with van der Waals surface area (Å²) < 4.78 is 5.17. The zero-order valence-electron chi connectivity index (χ0n) is 13.2. The molecular weight excluding hydrogens is 306 g/mol. The molecule has 4 nitrogen and oxygen atoms in total. The Morgan fingerprint density at radius 2 is 1.74 bits per heavy atom. The lowest BCUT2D eigenvalue weighted by Gasteiger charge is -2.32. The fourth-order valence-corrected chi connectivity index (χ4v) is 3.50. The lowest BCUT2D eigenvalue weighted by Crippen LogP contribution is -2.45. The first kappa shape index (κ1) is 15.7. The number of rotatable bonds is 4. The lowest BCUT2D eigenvalue weighted by atomic mass is 9.89. The minimum Gasteiger partial charge on any atom is -0.497 e. The number of nitrogens with zero attached hydrogens (tertiary/aromatic N) is 1. The van der Waals surface area contributed by atoms with Crippen LogP contribution in [-0.2, 0) is 5.54 Å². The molecule has 1 heterocycles. The van der Waals surface area contributed by atoms with Gasteiger partial charge >= 0.3 is 0 Å². The number of thiocarbonyl (C=S) groups is 1. The van der Waals surface area contributed by atoms with Crippen LogP contribution < -0.4 is 15.4 Å². The highest BCUT2D eigenvalue weighted by molar-refractivity contribution is 7.80. The van der Waals surface area contributed by atoms with E-state index in [1.54, 1.807) is 7.11 Å². The van der Waals surface area contributed by atoms with Crippen molar-refractivity contribution in [2.24, 2.45) is 0 Å². The van der Waals surface area contributed by atoms with Crippen molar-refractivity contribution in [3.05, 3.63) is 54.4 Å². The van der Waals surface area contributed by atoms with E-state index in [0.29, 0.717) is 5.11 Å². The van der Waals surface area contributed by atoms with Crippen molar-refractivity contribution in [3.63, 3.8) is 0 Å². The van der Waals surface area contributed by atoms with E-state index >= 15 is 0 Å². The zero-order chi connectivity index (χ0) is 16.1. The summed E-state index contributed by atoms with van der Waals surface area (Å²) in [5, 5.41) is 7.46. The van der Waals surface area contributed by atoms with Gasteiger partial charge in [0.2, 0.25) is 0 Å². The summed E-state index contributed by atoms with van der Waals surface area (Å²) in [6, 6.07) is 11.9. The van der Waals surface area contributed by atoms with Gasteiger partial charge in [-0.15, -0.1) is 0 Å². The van der Waals surface area contributed by atoms with E-state index in [-0.39, 0.29) is 5.54 Å². The SMILES string of the molecule is COc1ccc(NC(=S)NC2(c3ccncc3)CCCC2)cc1. The van der Waals surface area contributed by atoms with Gasteiger partial charge in [-0.25, -0.2) is 0 Å². The maximum Gasteiger partial charge on any atom is 0.171 e. The molecule has 1 saturated carbocycles. The molecule has 1 aliphatic carbocycles. The van der Waals surface area contributed by atoms with E-state index in [4.69, 9.17) is 17.0 Å². The first-order valence-electron chi connectivity index (χ1n) is 7.86. The molecule has 23 heavy (non-hydrogen) atoms. The minimum atomic E-state index is -0.0838. The van der Waals surface area contributed by atoms with Crippen LogP contribution in [0.1, 0.15) is 31.2 Å². The molecule has 0 spiro atoms. The normalized spacial score (nSPS) is 15.9. The van der Waals surface area contributed by atoms with Crippen molar-refractivity contribution in [1.29, 1.82) is 0 Å². The number of pyridine rings is 1. The highest BCUT2D eigenvalue weighted by atomic mass is 32.1. The summed E-state index contributed by atoms with van der Waals surface area (Å²) >= 11 is 5.54. The van der Waals surface area contributed by atoms with Crippen molar-refractivity contribution in [1.82, 2.24) is 10.3 Å². The summed E-state index contributed by atoms with van der Waals surface area (Å²) in [6.07, 6.45) is 8.28. The summed E-state index contributed by atoms with van der Waals surface area (Å²) in [7, 11) is 1.66. The maximum absolute atomic E-state index is 5.54. The Balaban J connectivity index is 1.71. The predicted molar refractivity (Wildman–Crippen MR) is 96.7 cm³/mol. The summed E-state index contributed by atoms with van der Waals surface area (Å²) in [6.45, 7) is 0. The van der Waals surface area contributed by atoms with Crippen molar-refractivity contribution < 1.29 is 4.74 Å². The number of ether oxygens (including phenoxy) is 1. The highest BCUT2D eigenvalue weighted by Gasteiger charge is 2.36. The van der Waals surface area contributed by atoms with Gasteiger partial charge in [0.1, 0.15) is 5.75 Å². The number of hydrogen-bond acceptors (Lipinski definition) is 3. The van der Waals surface area contributed by atoms with E-state index in [0.717, 1.165) is 24.3 Å². The predicted octanol–water partition coefficient (Wildman–Crippen LogP) is 3.85. The van der Waals surface area contributed by atoms with Gasteiger partial charge in [0, 0.05) is 18.1 Å². The smallest absolute Gasteiger partial charge is 0.171 e. The molecule has 3 rings (SSSR count). The number of benzene rings is 1. The summed E-state index contributed by atoms with van der Waals surface area (Å²) in [4.78, 5) is 4.12. The van der Waals surface area contributed by atoms with Crippen LogP contribution in [0.2, 0.25) is 0 Å². The van der Waals surface area contributed by atoms with Gasteiger partial charge in [0.25, 0.3) is 0 Å². The molecule has 0 amide bonds. The molecule has 120 valence electrons. The Hall–Kier alpha value is -2.14. The maximum atomic E-state index is 5.54. The molecule has 1 fully saturated rings. The molecular formula is C18H21N3OS. The van der Waals surface area contributed by atoms with Gasteiger partial charge in [-0.1, -0.05) is 12.8 Å². The standard InChI is InChI=1S/C18H21N3OS/c1-22-16-6-4-15(5-7-16)20-17(23)21-18(10-2-3-11-18)14-8-12-19-13-9-14/h4-9,12-13H,2-3,10-11H2,1H3,(H2,20,21,23). The fraction of sp³-hybridized carbons (Fsp3) is 0.333. The minimum absolute atomic E-state index is 0.0838. The molecule has 1 aromatic carbocycles. The number of aromatic nitrogens is 1. The second kappa shape index (κ2) is 6.96. The second-order valence-corrected chi connectivity index (χ2v) is 6.24. The van der Waals surface area contributed by atoms with Crippen LogP contribution in [0, 0.1) is 0 Å². The fourth-order valence-electron chi connectivity index (χ4n) is 3.19. The van der Waals surface area contributed by atoms with E-state index < -0.39 is 0 Å². The van der Waals surface area contributed by atoms with E-state index in [1.807, 2.05) is 36.7 Å². The van der Waals surface area contributed by atoms with Crippen molar-refractivity contribution in [2.75, 3.05) is 12.4 Å². The Kier molecular flexibility index (Phi) is 4.76. The van der Waals surface area contributed by atoms with Gasteiger partial charge in [0.05, 0.1) is 12.6 Å². The first-order valence-corrected chi connectivity index (χ1v) is 8.26. The second-order valence-electron chi connectivity index (χ2n) is 5.83. The van der Waals surface area contributed by atoms with E-state index in [9.17, 15) is 0 Å². The Bertz CT molecular complexity index is 652. The molecule has 2 aromatic rings. The molecule has 1 aromatic heterocycles. The largest absolute Gasteiger partial charge is 0.497 e. The number of anilines is 1. The van der Waals surface area contributed by atoms with Gasteiger partial charge < -0.3 is 15.4 Å². The monoisotopic (exact) mass is 327 g/mol.